The topological polar surface area (TPSA) is 41.6 Å². The number of ether oxygens (including phenoxy) is 1. The summed E-state index contributed by atoms with van der Waals surface area (Å²) in [6.45, 7) is 4.45. The molecule has 2 aromatic rings. The number of morpholine rings is 1. The van der Waals surface area contributed by atoms with Gasteiger partial charge in [0.15, 0.2) is 0 Å². The van der Waals surface area contributed by atoms with Gasteiger partial charge in [0, 0.05) is 31.2 Å². The number of amides is 1. The van der Waals surface area contributed by atoms with Crippen molar-refractivity contribution in [2.75, 3.05) is 31.6 Å². The number of carbonyl (C=O) groups is 1. The summed E-state index contributed by atoms with van der Waals surface area (Å²) in [6, 6.07) is 18.5. The molecule has 1 saturated carbocycles. The maximum Gasteiger partial charge on any atom is 0.228 e. The number of carbonyl (C=O) groups excluding carboxylic acids is 1. The largest absolute Gasteiger partial charge is 0.379 e. The van der Waals surface area contributed by atoms with Crippen LogP contribution in [-0.4, -0.2) is 37.1 Å². The molecule has 2 aromatic carbocycles. The molecule has 1 heterocycles. The standard InChI is InChI=1S/C21H24N2O2/c24-21(20-14-19(20)17-6-2-1-3-7-17)22-18-8-4-5-16(13-18)15-23-9-11-25-12-10-23/h1-8,13,19-20H,9-12,14-15H2,(H,22,24)/t19-,20-/m1/s1. The summed E-state index contributed by atoms with van der Waals surface area (Å²) in [5.41, 5.74) is 3.40. The first-order valence-corrected chi connectivity index (χ1v) is 9.04. The quantitative estimate of drug-likeness (QED) is 0.911. The van der Waals surface area contributed by atoms with E-state index in [1.165, 1.54) is 11.1 Å². The van der Waals surface area contributed by atoms with Gasteiger partial charge >= 0.3 is 0 Å². The predicted molar refractivity (Wildman–Crippen MR) is 98.5 cm³/mol. The molecule has 4 heteroatoms. The highest BCUT2D eigenvalue weighted by Gasteiger charge is 2.43. The Hall–Kier alpha value is -2.17. The van der Waals surface area contributed by atoms with Gasteiger partial charge in [-0.2, -0.15) is 0 Å². The van der Waals surface area contributed by atoms with Gasteiger partial charge in [0.2, 0.25) is 5.91 Å². The van der Waals surface area contributed by atoms with Gasteiger partial charge in [-0.25, -0.2) is 0 Å². The molecule has 4 rings (SSSR count). The van der Waals surface area contributed by atoms with E-state index in [-0.39, 0.29) is 11.8 Å². The first-order chi connectivity index (χ1) is 12.3. The van der Waals surface area contributed by atoms with Gasteiger partial charge in [0.05, 0.1) is 13.2 Å². The number of nitrogens with zero attached hydrogens (tertiary/aromatic N) is 1. The lowest BCUT2D eigenvalue weighted by Crippen LogP contribution is -2.35. The lowest BCUT2D eigenvalue weighted by atomic mass is 10.1. The number of rotatable bonds is 5. The van der Waals surface area contributed by atoms with Crippen LogP contribution in [-0.2, 0) is 16.1 Å². The van der Waals surface area contributed by atoms with E-state index in [0.29, 0.717) is 5.92 Å². The second-order valence-electron chi connectivity index (χ2n) is 6.94. The summed E-state index contributed by atoms with van der Waals surface area (Å²) in [5, 5.41) is 3.10. The molecule has 2 fully saturated rings. The van der Waals surface area contributed by atoms with Crippen molar-refractivity contribution in [1.82, 2.24) is 4.90 Å². The van der Waals surface area contributed by atoms with Crippen molar-refractivity contribution < 1.29 is 9.53 Å². The normalized spacial score (nSPS) is 23.2. The lowest BCUT2D eigenvalue weighted by Gasteiger charge is -2.26. The van der Waals surface area contributed by atoms with Crippen LogP contribution in [0.3, 0.4) is 0 Å². The third-order valence-corrected chi connectivity index (χ3v) is 5.06. The van der Waals surface area contributed by atoms with E-state index in [0.717, 1.165) is 45.0 Å². The smallest absolute Gasteiger partial charge is 0.228 e. The van der Waals surface area contributed by atoms with Crippen molar-refractivity contribution in [3.8, 4) is 0 Å². The second-order valence-corrected chi connectivity index (χ2v) is 6.94. The molecule has 1 aliphatic heterocycles. The molecule has 0 bridgehead atoms. The van der Waals surface area contributed by atoms with Gasteiger partial charge in [-0.3, -0.25) is 9.69 Å². The first kappa shape index (κ1) is 16.3. The fourth-order valence-electron chi connectivity index (χ4n) is 3.55. The molecule has 1 saturated heterocycles. The molecule has 1 N–H and O–H groups in total. The van der Waals surface area contributed by atoms with E-state index in [1.54, 1.807) is 0 Å². The SMILES string of the molecule is O=C(Nc1cccc(CN2CCOCC2)c1)[C@@H]1C[C@@H]1c1ccccc1. The Kier molecular flexibility index (Phi) is 4.81. The minimum absolute atomic E-state index is 0.102. The third kappa shape index (κ3) is 4.09. The van der Waals surface area contributed by atoms with Gasteiger partial charge < -0.3 is 10.1 Å². The minimum Gasteiger partial charge on any atom is -0.379 e. The Labute approximate surface area is 148 Å². The molecule has 25 heavy (non-hydrogen) atoms. The second kappa shape index (κ2) is 7.38. The van der Waals surface area contributed by atoms with E-state index in [1.807, 2.05) is 30.3 Å². The Bertz CT molecular complexity index is 726. The molecule has 4 nitrogen and oxygen atoms in total. The summed E-state index contributed by atoms with van der Waals surface area (Å²) in [4.78, 5) is 14.9. The van der Waals surface area contributed by atoms with E-state index >= 15 is 0 Å². The summed E-state index contributed by atoms with van der Waals surface area (Å²) in [6.07, 6.45) is 0.948. The van der Waals surface area contributed by atoms with E-state index < -0.39 is 0 Å². The Morgan fingerprint density at radius 3 is 2.68 bits per heavy atom. The molecule has 130 valence electrons. The molecule has 2 atom stereocenters. The third-order valence-electron chi connectivity index (χ3n) is 5.06. The number of anilines is 1. The van der Waals surface area contributed by atoms with Crippen molar-refractivity contribution in [3.05, 3.63) is 65.7 Å². The van der Waals surface area contributed by atoms with Crippen LogP contribution in [0.2, 0.25) is 0 Å². The van der Waals surface area contributed by atoms with Crippen LogP contribution in [0, 0.1) is 5.92 Å². The van der Waals surface area contributed by atoms with Crippen molar-refractivity contribution in [2.45, 2.75) is 18.9 Å². The van der Waals surface area contributed by atoms with Crippen LogP contribution in [0.15, 0.2) is 54.6 Å². The highest BCUT2D eigenvalue weighted by atomic mass is 16.5. The molecule has 0 spiro atoms. The van der Waals surface area contributed by atoms with Crippen LogP contribution in [0.25, 0.3) is 0 Å². The molecule has 0 aromatic heterocycles. The van der Waals surface area contributed by atoms with Crippen molar-refractivity contribution in [2.24, 2.45) is 5.92 Å². The number of nitrogens with one attached hydrogen (secondary N) is 1. The van der Waals surface area contributed by atoms with Crippen LogP contribution in [0.1, 0.15) is 23.5 Å². The number of hydrogen-bond donors (Lipinski definition) is 1. The Morgan fingerprint density at radius 2 is 1.88 bits per heavy atom. The van der Waals surface area contributed by atoms with Crippen LogP contribution in [0.4, 0.5) is 5.69 Å². The summed E-state index contributed by atoms with van der Waals surface area (Å²) in [7, 11) is 0. The zero-order valence-corrected chi connectivity index (χ0v) is 14.4. The summed E-state index contributed by atoms with van der Waals surface area (Å²) in [5.74, 6) is 0.611. The van der Waals surface area contributed by atoms with Crippen molar-refractivity contribution in [1.29, 1.82) is 0 Å². The molecule has 0 radical (unpaired) electrons. The maximum atomic E-state index is 12.5. The summed E-state index contributed by atoms with van der Waals surface area (Å²) >= 11 is 0. The molecule has 1 amide bonds. The average molecular weight is 336 g/mol. The zero-order valence-electron chi connectivity index (χ0n) is 14.4. The molecule has 1 aliphatic carbocycles. The summed E-state index contributed by atoms with van der Waals surface area (Å²) < 4.78 is 5.39. The van der Waals surface area contributed by atoms with Crippen molar-refractivity contribution >= 4 is 11.6 Å². The predicted octanol–water partition coefficient (Wildman–Crippen LogP) is 3.26. The zero-order chi connectivity index (χ0) is 17.1. The minimum atomic E-state index is 0.102. The Balaban J connectivity index is 1.35. The van der Waals surface area contributed by atoms with Gasteiger partial charge in [-0.1, -0.05) is 42.5 Å². The van der Waals surface area contributed by atoms with E-state index in [4.69, 9.17) is 4.74 Å². The number of benzene rings is 2. The highest BCUT2D eigenvalue weighted by molar-refractivity contribution is 5.95. The monoisotopic (exact) mass is 336 g/mol. The maximum absolute atomic E-state index is 12.5. The van der Waals surface area contributed by atoms with Gasteiger partial charge in [-0.15, -0.1) is 0 Å². The lowest BCUT2D eigenvalue weighted by molar-refractivity contribution is -0.117. The van der Waals surface area contributed by atoms with Gasteiger partial charge in [-0.05, 0) is 35.6 Å². The molecular weight excluding hydrogens is 312 g/mol. The molecule has 0 unspecified atom stereocenters. The number of hydrogen-bond acceptors (Lipinski definition) is 3. The van der Waals surface area contributed by atoms with Crippen LogP contribution < -0.4 is 5.32 Å². The van der Waals surface area contributed by atoms with E-state index in [2.05, 4.69) is 34.5 Å². The highest BCUT2D eigenvalue weighted by Crippen LogP contribution is 2.47. The van der Waals surface area contributed by atoms with E-state index in [9.17, 15) is 4.79 Å². The first-order valence-electron chi connectivity index (χ1n) is 9.04. The molecule has 2 aliphatic rings. The average Bonchev–Trinajstić information content (AvgIpc) is 3.45. The van der Waals surface area contributed by atoms with Gasteiger partial charge in [0.1, 0.15) is 0 Å². The van der Waals surface area contributed by atoms with Crippen molar-refractivity contribution in [3.63, 3.8) is 0 Å². The fraction of sp³-hybridized carbons (Fsp3) is 0.381. The van der Waals surface area contributed by atoms with Crippen LogP contribution in [0.5, 0.6) is 0 Å². The molecular formula is C21H24N2O2. The van der Waals surface area contributed by atoms with Gasteiger partial charge in [0.25, 0.3) is 0 Å². The van der Waals surface area contributed by atoms with Crippen LogP contribution >= 0.6 is 0 Å². The fourth-order valence-corrected chi connectivity index (χ4v) is 3.55. The Morgan fingerprint density at radius 1 is 1.08 bits per heavy atom.